The van der Waals surface area contributed by atoms with E-state index in [9.17, 15) is 31.9 Å². The number of ether oxygens (including phenoxy) is 1. The summed E-state index contributed by atoms with van der Waals surface area (Å²) in [6, 6.07) is 7.09. The number of carboxylic acid groups (broad SMARTS) is 1. The fourth-order valence-electron chi connectivity index (χ4n) is 3.26. The van der Waals surface area contributed by atoms with Gasteiger partial charge in [-0.15, -0.1) is 11.3 Å². The fraction of sp³-hybridized carbons (Fsp3) is 0.174. The lowest BCUT2D eigenvalue weighted by Crippen LogP contribution is -2.28. The summed E-state index contributed by atoms with van der Waals surface area (Å²) in [6.07, 6.45) is -2.82. The molecule has 0 aliphatic rings. The van der Waals surface area contributed by atoms with Crippen molar-refractivity contribution < 1.29 is 41.8 Å². The Bertz CT molecular complexity index is 1550. The molecule has 3 heterocycles. The number of amides is 2. The van der Waals surface area contributed by atoms with Crippen molar-refractivity contribution in [1.29, 1.82) is 0 Å². The van der Waals surface area contributed by atoms with Gasteiger partial charge in [0.25, 0.3) is 11.8 Å². The van der Waals surface area contributed by atoms with Crippen LogP contribution in [0, 0.1) is 11.6 Å². The van der Waals surface area contributed by atoms with E-state index in [0.29, 0.717) is 11.8 Å². The van der Waals surface area contributed by atoms with Crippen molar-refractivity contribution in [2.75, 3.05) is 0 Å². The number of nitrogens with zero attached hydrogens (tertiary/aromatic N) is 3. The van der Waals surface area contributed by atoms with Crippen LogP contribution in [0.1, 0.15) is 48.0 Å². The summed E-state index contributed by atoms with van der Waals surface area (Å²) >= 11 is 0.956. The molecule has 3 aromatic heterocycles. The second kappa shape index (κ2) is 10.5. The number of carbonyl (C=O) groups excluding carboxylic acids is 2. The van der Waals surface area contributed by atoms with Gasteiger partial charge in [-0.1, -0.05) is 6.07 Å². The quantitative estimate of drug-likeness (QED) is 0.271. The Kier molecular flexibility index (Phi) is 7.30. The van der Waals surface area contributed by atoms with Crippen LogP contribution in [0.4, 0.5) is 17.6 Å². The first-order valence-electron chi connectivity index (χ1n) is 10.7. The highest BCUT2D eigenvalue weighted by atomic mass is 32.1. The van der Waals surface area contributed by atoms with Crippen molar-refractivity contribution in [3.05, 3.63) is 80.9 Å². The van der Waals surface area contributed by atoms with E-state index in [1.165, 1.54) is 18.2 Å². The molecule has 0 saturated heterocycles. The highest BCUT2D eigenvalue weighted by Crippen LogP contribution is 2.25. The van der Waals surface area contributed by atoms with Gasteiger partial charge in [-0.2, -0.15) is 13.9 Å². The molecule has 2 amide bonds. The van der Waals surface area contributed by atoms with Crippen LogP contribution in [0.5, 0.6) is 5.75 Å². The SMILES string of the molecule is CC(F)(F)Oc1cc(CNC(=O)c2cc(C(=O)NCc3ccc(C(=O)O)s3)n3ncc(F)c3n2)ccc1F. The lowest BCUT2D eigenvalue weighted by molar-refractivity contribution is -0.160. The number of alkyl halides is 2. The third-order valence-electron chi connectivity index (χ3n) is 4.93. The minimum Gasteiger partial charge on any atom is -0.477 e. The Hall–Kier alpha value is -4.53. The van der Waals surface area contributed by atoms with Gasteiger partial charge in [-0.25, -0.2) is 23.1 Å². The fourth-order valence-corrected chi connectivity index (χ4v) is 4.05. The van der Waals surface area contributed by atoms with Crippen LogP contribution in [0.15, 0.2) is 42.6 Å². The minimum absolute atomic E-state index is 0.0440. The molecule has 0 fully saturated rings. The normalized spacial score (nSPS) is 11.4. The molecule has 198 valence electrons. The summed E-state index contributed by atoms with van der Waals surface area (Å²) in [5, 5.41) is 17.8. The maximum Gasteiger partial charge on any atom is 0.395 e. The lowest BCUT2D eigenvalue weighted by atomic mass is 10.2. The molecule has 4 aromatic rings. The lowest BCUT2D eigenvalue weighted by Gasteiger charge is -2.14. The van der Waals surface area contributed by atoms with E-state index in [-0.39, 0.29) is 34.9 Å². The number of nitrogens with one attached hydrogen (secondary N) is 2. The molecule has 10 nitrogen and oxygen atoms in total. The molecule has 0 spiro atoms. The number of carbonyl (C=O) groups is 3. The van der Waals surface area contributed by atoms with E-state index < -0.39 is 46.9 Å². The van der Waals surface area contributed by atoms with Crippen LogP contribution in [-0.2, 0) is 13.1 Å². The number of hydrogen-bond acceptors (Lipinski definition) is 7. The van der Waals surface area contributed by atoms with Crippen LogP contribution in [0.3, 0.4) is 0 Å². The molecule has 1 aromatic carbocycles. The van der Waals surface area contributed by atoms with Gasteiger partial charge in [0, 0.05) is 24.4 Å². The predicted octanol–water partition coefficient (Wildman–Crippen LogP) is 3.62. The zero-order valence-corrected chi connectivity index (χ0v) is 20.1. The first-order valence-corrected chi connectivity index (χ1v) is 11.5. The molecule has 3 N–H and O–H groups in total. The number of benzene rings is 1. The van der Waals surface area contributed by atoms with Crippen molar-refractivity contribution in [3.63, 3.8) is 0 Å². The van der Waals surface area contributed by atoms with Gasteiger partial charge in [0.2, 0.25) is 0 Å². The van der Waals surface area contributed by atoms with Gasteiger partial charge >= 0.3 is 12.1 Å². The van der Waals surface area contributed by atoms with Crippen LogP contribution >= 0.6 is 11.3 Å². The van der Waals surface area contributed by atoms with Crippen molar-refractivity contribution >= 4 is 34.8 Å². The average molecular weight is 551 g/mol. The van der Waals surface area contributed by atoms with Gasteiger partial charge in [-0.05, 0) is 29.8 Å². The Labute approximate surface area is 214 Å². The molecule has 15 heteroatoms. The third-order valence-corrected chi connectivity index (χ3v) is 6.00. The zero-order valence-electron chi connectivity index (χ0n) is 19.3. The second-order valence-corrected chi connectivity index (χ2v) is 9.03. The molecule has 0 bridgehead atoms. The first-order chi connectivity index (χ1) is 17.9. The topological polar surface area (TPSA) is 135 Å². The number of aromatic nitrogens is 3. The molecule has 0 aliphatic carbocycles. The van der Waals surface area contributed by atoms with E-state index in [0.717, 1.165) is 40.2 Å². The van der Waals surface area contributed by atoms with E-state index in [4.69, 9.17) is 5.11 Å². The number of thiophene rings is 1. The van der Waals surface area contributed by atoms with E-state index >= 15 is 0 Å². The predicted molar refractivity (Wildman–Crippen MR) is 124 cm³/mol. The number of halogens is 4. The Morgan fingerprint density at radius 1 is 1.05 bits per heavy atom. The summed E-state index contributed by atoms with van der Waals surface area (Å²) in [5.41, 5.74) is -0.785. The van der Waals surface area contributed by atoms with Gasteiger partial charge in [0.1, 0.15) is 16.3 Å². The number of rotatable bonds is 9. The van der Waals surface area contributed by atoms with Gasteiger partial charge in [0.05, 0.1) is 12.7 Å². The number of fused-ring (bicyclic) bond motifs is 1. The molecule has 4 rings (SSSR count). The monoisotopic (exact) mass is 551 g/mol. The zero-order chi connectivity index (χ0) is 27.6. The van der Waals surface area contributed by atoms with Crippen LogP contribution in [0.25, 0.3) is 5.65 Å². The second-order valence-electron chi connectivity index (χ2n) is 7.87. The molecular weight excluding hydrogens is 534 g/mol. The van der Waals surface area contributed by atoms with Gasteiger partial charge < -0.3 is 20.5 Å². The standard InChI is InChI=1S/C23H17F4N5O5S/c1-23(26,27)37-17-6-11(2-4-13(17)24)8-28-20(33)15-7-16(32-19(31-15)14(25)10-30-32)21(34)29-9-12-3-5-18(38-12)22(35)36/h2-7,10H,8-9H2,1H3,(H,28,33)(H,29,34)(H,35,36). The average Bonchev–Trinajstić information content (AvgIpc) is 3.48. The highest BCUT2D eigenvalue weighted by Gasteiger charge is 2.25. The molecule has 0 unspecified atom stereocenters. The summed E-state index contributed by atoms with van der Waals surface area (Å²) in [7, 11) is 0. The van der Waals surface area contributed by atoms with E-state index in [2.05, 4.69) is 25.5 Å². The molecular formula is C23H17F4N5O5S. The molecule has 0 aliphatic heterocycles. The smallest absolute Gasteiger partial charge is 0.395 e. The van der Waals surface area contributed by atoms with E-state index in [1.54, 1.807) is 0 Å². The first kappa shape index (κ1) is 26.5. The molecule has 0 saturated carbocycles. The van der Waals surface area contributed by atoms with Crippen LogP contribution < -0.4 is 15.4 Å². The van der Waals surface area contributed by atoms with Crippen molar-refractivity contribution in [2.24, 2.45) is 0 Å². The maximum absolute atomic E-state index is 14.3. The van der Waals surface area contributed by atoms with Gasteiger partial charge in [-0.3, -0.25) is 9.59 Å². The largest absolute Gasteiger partial charge is 0.477 e. The van der Waals surface area contributed by atoms with Crippen molar-refractivity contribution in [2.45, 2.75) is 26.1 Å². The van der Waals surface area contributed by atoms with Gasteiger partial charge in [0.15, 0.2) is 23.0 Å². The Balaban J connectivity index is 1.52. The van der Waals surface area contributed by atoms with Crippen LogP contribution in [0.2, 0.25) is 0 Å². The maximum atomic E-state index is 14.3. The van der Waals surface area contributed by atoms with Crippen molar-refractivity contribution in [1.82, 2.24) is 25.2 Å². The number of carboxylic acids is 1. The number of aromatic carboxylic acids is 1. The summed E-state index contributed by atoms with van der Waals surface area (Å²) in [4.78, 5) is 41.1. The van der Waals surface area contributed by atoms with Crippen LogP contribution in [-0.4, -0.2) is 43.6 Å². The Morgan fingerprint density at radius 2 is 1.79 bits per heavy atom. The summed E-state index contributed by atoms with van der Waals surface area (Å²) in [5.74, 6) is -5.36. The Morgan fingerprint density at radius 3 is 2.47 bits per heavy atom. The molecule has 38 heavy (non-hydrogen) atoms. The third kappa shape index (κ3) is 6.05. The van der Waals surface area contributed by atoms with Crippen molar-refractivity contribution in [3.8, 4) is 5.75 Å². The summed E-state index contributed by atoms with van der Waals surface area (Å²) < 4.78 is 59.4. The summed E-state index contributed by atoms with van der Waals surface area (Å²) in [6.45, 7) is 0.141. The molecule has 0 radical (unpaired) electrons. The molecule has 0 atom stereocenters. The number of hydrogen-bond donors (Lipinski definition) is 3. The van der Waals surface area contributed by atoms with E-state index in [1.807, 2.05) is 0 Å². The minimum atomic E-state index is -3.63. The highest BCUT2D eigenvalue weighted by molar-refractivity contribution is 7.13.